The van der Waals surface area contributed by atoms with Crippen molar-refractivity contribution in [2.75, 3.05) is 18.9 Å². The predicted molar refractivity (Wildman–Crippen MR) is 64.6 cm³/mol. The first kappa shape index (κ1) is 9.97. The second-order valence-corrected chi connectivity index (χ2v) is 4.66. The Kier molecular flexibility index (Phi) is 2.48. The standard InChI is InChI=1S/C13H18N2O/c14-12-10(11-4-1-7-15-11)6-5-9-3-2-8-16-13(9)12/h5-6,11,15H,1-4,7-8,14H2/t11-/m1/s1. The molecule has 2 aliphatic rings. The van der Waals surface area contributed by atoms with Crippen molar-refractivity contribution in [2.24, 2.45) is 0 Å². The molecular formula is C13H18N2O. The van der Waals surface area contributed by atoms with Gasteiger partial charge in [-0.3, -0.25) is 0 Å². The summed E-state index contributed by atoms with van der Waals surface area (Å²) in [7, 11) is 0. The first-order chi connectivity index (χ1) is 7.86. The molecule has 2 heterocycles. The molecule has 0 radical (unpaired) electrons. The van der Waals surface area contributed by atoms with Crippen molar-refractivity contribution in [1.82, 2.24) is 5.32 Å². The van der Waals surface area contributed by atoms with E-state index in [0.29, 0.717) is 6.04 Å². The molecule has 16 heavy (non-hydrogen) atoms. The summed E-state index contributed by atoms with van der Waals surface area (Å²) in [6.45, 7) is 1.90. The summed E-state index contributed by atoms with van der Waals surface area (Å²) in [5.74, 6) is 0.942. The SMILES string of the molecule is Nc1c([C@H]2CCCN2)ccc2c1OCCC2. The van der Waals surface area contributed by atoms with Crippen molar-refractivity contribution in [2.45, 2.75) is 31.7 Å². The van der Waals surface area contributed by atoms with Gasteiger partial charge in [-0.15, -0.1) is 0 Å². The molecule has 0 saturated carbocycles. The fourth-order valence-electron chi connectivity index (χ4n) is 2.72. The highest BCUT2D eigenvalue weighted by Crippen LogP contribution is 2.38. The molecule has 1 saturated heterocycles. The Morgan fingerprint density at radius 2 is 2.25 bits per heavy atom. The van der Waals surface area contributed by atoms with E-state index in [9.17, 15) is 0 Å². The van der Waals surface area contributed by atoms with Crippen LogP contribution in [-0.4, -0.2) is 13.2 Å². The lowest BCUT2D eigenvalue weighted by Crippen LogP contribution is -2.17. The van der Waals surface area contributed by atoms with Gasteiger partial charge < -0.3 is 15.8 Å². The number of nitrogens with one attached hydrogen (secondary N) is 1. The Hall–Kier alpha value is -1.22. The van der Waals surface area contributed by atoms with Gasteiger partial charge in [-0.1, -0.05) is 12.1 Å². The number of aryl methyl sites for hydroxylation is 1. The maximum Gasteiger partial charge on any atom is 0.145 e. The van der Waals surface area contributed by atoms with Crippen molar-refractivity contribution in [3.05, 3.63) is 23.3 Å². The maximum atomic E-state index is 6.22. The number of benzene rings is 1. The minimum absolute atomic E-state index is 0.427. The van der Waals surface area contributed by atoms with Crippen LogP contribution in [0.1, 0.15) is 36.4 Å². The second-order valence-electron chi connectivity index (χ2n) is 4.66. The predicted octanol–water partition coefficient (Wildman–Crippen LogP) is 2.02. The van der Waals surface area contributed by atoms with E-state index >= 15 is 0 Å². The molecule has 1 atom stereocenters. The van der Waals surface area contributed by atoms with Crippen LogP contribution in [0.2, 0.25) is 0 Å². The van der Waals surface area contributed by atoms with Gasteiger partial charge >= 0.3 is 0 Å². The van der Waals surface area contributed by atoms with Crippen LogP contribution in [-0.2, 0) is 6.42 Å². The minimum Gasteiger partial charge on any atom is -0.491 e. The first-order valence-corrected chi connectivity index (χ1v) is 6.13. The van der Waals surface area contributed by atoms with E-state index in [1.54, 1.807) is 0 Å². The summed E-state index contributed by atoms with van der Waals surface area (Å²) < 4.78 is 5.70. The summed E-state index contributed by atoms with van der Waals surface area (Å²) in [6.07, 6.45) is 4.62. The first-order valence-electron chi connectivity index (χ1n) is 6.13. The highest BCUT2D eigenvalue weighted by atomic mass is 16.5. The lowest BCUT2D eigenvalue weighted by Gasteiger charge is -2.22. The van der Waals surface area contributed by atoms with Gasteiger partial charge in [0.15, 0.2) is 0 Å². The van der Waals surface area contributed by atoms with E-state index in [1.165, 1.54) is 24.0 Å². The molecule has 3 nitrogen and oxygen atoms in total. The number of hydrogen-bond donors (Lipinski definition) is 2. The van der Waals surface area contributed by atoms with E-state index in [-0.39, 0.29) is 0 Å². The topological polar surface area (TPSA) is 47.3 Å². The van der Waals surface area contributed by atoms with Crippen LogP contribution in [0.15, 0.2) is 12.1 Å². The molecule has 0 aliphatic carbocycles. The molecule has 1 fully saturated rings. The van der Waals surface area contributed by atoms with E-state index < -0.39 is 0 Å². The van der Waals surface area contributed by atoms with Gasteiger partial charge in [-0.25, -0.2) is 0 Å². The summed E-state index contributed by atoms with van der Waals surface area (Å²) in [4.78, 5) is 0. The molecule has 3 rings (SSSR count). The van der Waals surface area contributed by atoms with Crippen LogP contribution in [0.5, 0.6) is 5.75 Å². The zero-order chi connectivity index (χ0) is 11.0. The number of ether oxygens (including phenoxy) is 1. The van der Waals surface area contributed by atoms with Crippen molar-refractivity contribution < 1.29 is 4.74 Å². The molecule has 2 aliphatic heterocycles. The van der Waals surface area contributed by atoms with Gasteiger partial charge in [0.2, 0.25) is 0 Å². The zero-order valence-corrected chi connectivity index (χ0v) is 9.46. The van der Waals surface area contributed by atoms with Gasteiger partial charge in [0.25, 0.3) is 0 Å². The smallest absolute Gasteiger partial charge is 0.145 e. The van der Waals surface area contributed by atoms with Gasteiger partial charge in [0.05, 0.1) is 12.3 Å². The minimum atomic E-state index is 0.427. The number of nitrogen functional groups attached to an aromatic ring is 1. The Morgan fingerprint density at radius 3 is 3.06 bits per heavy atom. The van der Waals surface area contributed by atoms with Gasteiger partial charge in [0, 0.05) is 6.04 Å². The van der Waals surface area contributed by atoms with Crippen LogP contribution < -0.4 is 15.8 Å². The normalized spacial score (nSPS) is 23.9. The zero-order valence-electron chi connectivity index (χ0n) is 9.46. The highest BCUT2D eigenvalue weighted by molar-refractivity contribution is 5.63. The van der Waals surface area contributed by atoms with Crippen LogP contribution >= 0.6 is 0 Å². The summed E-state index contributed by atoms with van der Waals surface area (Å²) in [5, 5.41) is 3.48. The number of fused-ring (bicyclic) bond motifs is 1. The number of hydrogen-bond acceptors (Lipinski definition) is 3. The molecular weight excluding hydrogens is 200 g/mol. The monoisotopic (exact) mass is 218 g/mol. The molecule has 86 valence electrons. The number of rotatable bonds is 1. The van der Waals surface area contributed by atoms with E-state index in [1.807, 2.05) is 0 Å². The fourth-order valence-corrected chi connectivity index (χ4v) is 2.72. The van der Waals surface area contributed by atoms with E-state index in [4.69, 9.17) is 10.5 Å². The average Bonchev–Trinajstić information content (AvgIpc) is 2.83. The third-order valence-electron chi connectivity index (χ3n) is 3.58. The third-order valence-corrected chi connectivity index (χ3v) is 3.58. The largest absolute Gasteiger partial charge is 0.491 e. The third kappa shape index (κ3) is 1.55. The molecule has 3 N–H and O–H groups in total. The second kappa shape index (κ2) is 3.98. The summed E-state index contributed by atoms with van der Waals surface area (Å²) >= 11 is 0. The van der Waals surface area contributed by atoms with E-state index in [0.717, 1.165) is 37.4 Å². The van der Waals surface area contributed by atoms with Crippen LogP contribution in [0.4, 0.5) is 5.69 Å². The molecule has 0 aromatic heterocycles. The fraction of sp³-hybridized carbons (Fsp3) is 0.538. The lowest BCUT2D eigenvalue weighted by atomic mass is 9.97. The van der Waals surface area contributed by atoms with Crippen LogP contribution in [0.25, 0.3) is 0 Å². The van der Waals surface area contributed by atoms with Crippen LogP contribution in [0, 0.1) is 0 Å². The summed E-state index contributed by atoms with van der Waals surface area (Å²) in [5.41, 5.74) is 9.57. The van der Waals surface area contributed by atoms with Crippen molar-refractivity contribution >= 4 is 5.69 Å². The molecule has 0 bridgehead atoms. The van der Waals surface area contributed by atoms with Gasteiger partial charge in [-0.2, -0.15) is 0 Å². The number of nitrogens with two attached hydrogens (primary N) is 1. The van der Waals surface area contributed by atoms with Crippen molar-refractivity contribution in [3.8, 4) is 5.75 Å². The van der Waals surface area contributed by atoms with Crippen molar-refractivity contribution in [3.63, 3.8) is 0 Å². The lowest BCUT2D eigenvalue weighted by molar-refractivity contribution is 0.289. The highest BCUT2D eigenvalue weighted by Gasteiger charge is 2.22. The molecule has 0 spiro atoms. The quantitative estimate of drug-likeness (QED) is 0.709. The molecule has 1 aromatic carbocycles. The van der Waals surface area contributed by atoms with E-state index in [2.05, 4.69) is 17.4 Å². The van der Waals surface area contributed by atoms with Crippen LogP contribution in [0.3, 0.4) is 0 Å². The Morgan fingerprint density at radius 1 is 1.31 bits per heavy atom. The molecule has 1 aromatic rings. The summed E-state index contributed by atoms with van der Waals surface area (Å²) in [6, 6.07) is 4.78. The average molecular weight is 218 g/mol. The van der Waals surface area contributed by atoms with Gasteiger partial charge in [-0.05, 0) is 43.4 Å². The molecule has 3 heteroatoms. The van der Waals surface area contributed by atoms with Gasteiger partial charge in [0.1, 0.15) is 5.75 Å². The molecule has 0 amide bonds. The molecule has 0 unspecified atom stereocenters. The maximum absolute atomic E-state index is 6.22. The number of anilines is 1. The Balaban J connectivity index is 1.99. The Labute approximate surface area is 96.0 Å². The Bertz CT molecular complexity index is 397. The van der Waals surface area contributed by atoms with Crippen molar-refractivity contribution in [1.29, 1.82) is 0 Å².